The smallest absolute Gasteiger partial charge is 0.213 e. The van der Waals surface area contributed by atoms with E-state index in [1.807, 2.05) is 6.20 Å². The highest BCUT2D eigenvalue weighted by Crippen LogP contribution is 2.22. The van der Waals surface area contributed by atoms with Crippen LogP contribution in [0, 0.1) is 0 Å². The van der Waals surface area contributed by atoms with Gasteiger partial charge in [-0.05, 0) is 50.5 Å². The number of fused-ring (bicyclic) bond motifs is 1. The molecule has 4 nitrogen and oxygen atoms in total. The Hall–Kier alpha value is -1.13. The first-order chi connectivity index (χ1) is 9.85. The summed E-state index contributed by atoms with van der Waals surface area (Å²) in [5, 5.41) is 0. The van der Waals surface area contributed by atoms with Gasteiger partial charge in [0.25, 0.3) is 0 Å². The molecule has 2 fully saturated rings. The van der Waals surface area contributed by atoms with Crippen molar-refractivity contribution in [3.8, 4) is 5.88 Å². The molecule has 0 saturated carbocycles. The molecule has 0 spiro atoms. The molecule has 1 atom stereocenters. The fraction of sp³-hybridized carbons (Fsp3) is 0.688. The van der Waals surface area contributed by atoms with Gasteiger partial charge in [-0.2, -0.15) is 0 Å². The molecule has 1 aromatic rings. The van der Waals surface area contributed by atoms with Gasteiger partial charge in [0.15, 0.2) is 0 Å². The summed E-state index contributed by atoms with van der Waals surface area (Å²) < 4.78 is 5.22. The van der Waals surface area contributed by atoms with Crippen molar-refractivity contribution in [1.82, 2.24) is 14.8 Å². The van der Waals surface area contributed by atoms with Gasteiger partial charge < -0.3 is 4.74 Å². The van der Waals surface area contributed by atoms with Crippen molar-refractivity contribution in [1.29, 1.82) is 0 Å². The SMILES string of the molecule is COc1cc(CN2CCCN3CCCCC3C2)ccn1. The fourth-order valence-electron chi connectivity index (χ4n) is 3.51. The second-order valence-corrected chi connectivity index (χ2v) is 5.98. The normalized spacial score (nSPS) is 24.9. The molecule has 0 bridgehead atoms. The zero-order valence-electron chi connectivity index (χ0n) is 12.4. The van der Waals surface area contributed by atoms with Crippen molar-refractivity contribution in [2.75, 3.05) is 33.3 Å². The van der Waals surface area contributed by atoms with Gasteiger partial charge in [0.05, 0.1) is 7.11 Å². The van der Waals surface area contributed by atoms with Gasteiger partial charge in [-0.15, -0.1) is 0 Å². The summed E-state index contributed by atoms with van der Waals surface area (Å²) in [7, 11) is 1.68. The second-order valence-electron chi connectivity index (χ2n) is 5.98. The summed E-state index contributed by atoms with van der Waals surface area (Å²) in [6.45, 7) is 6.02. The van der Waals surface area contributed by atoms with Gasteiger partial charge in [0.2, 0.25) is 5.88 Å². The molecule has 0 aliphatic carbocycles. The summed E-state index contributed by atoms with van der Waals surface area (Å²) in [6.07, 6.45) is 7.30. The Labute approximate surface area is 121 Å². The van der Waals surface area contributed by atoms with Crippen molar-refractivity contribution >= 4 is 0 Å². The Bertz CT molecular complexity index is 437. The summed E-state index contributed by atoms with van der Waals surface area (Å²) in [5.74, 6) is 0.719. The van der Waals surface area contributed by atoms with Gasteiger partial charge in [-0.25, -0.2) is 4.98 Å². The lowest BCUT2D eigenvalue weighted by Crippen LogP contribution is -2.43. The summed E-state index contributed by atoms with van der Waals surface area (Å²) in [6, 6.07) is 4.94. The van der Waals surface area contributed by atoms with Crippen molar-refractivity contribution < 1.29 is 4.74 Å². The maximum atomic E-state index is 5.22. The van der Waals surface area contributed by atoms with E-state index >= 15 is 0 Å². The highest BCUT2D eigenvalue weighted by Gasteiger charge is 2.26. The highest BCUT2D eigenvalue weighted by atomic mass is 16.5. The van der Waals surface area contributed by atoms with Gasteiger partial charge >= 0.3 is 0 Å². The molecule has 0 aromatic carbocycles. The van der Waals surface area contributed by atoms with E-state index in [9.17, 15) is 0 Å². The van der Waals surface area contributed by atoms with E-state index in [1.165, 1.54) is 57.4 Å². The summed E-state index contributed by atoms with van der Waals surface area (Å²) in [4.78, 5) is 9.49. The van der Waals surface area contributed by atoms with Crippen LogP contribution in [-0.2, 0) is 6.54 Å². The number of nitrogens with zero attached hydrogens (tertiary/aromatic N) is 3. The largest absolute Gasteiger partial charge is 0.481 e. The van der Waals surface area contributed by atoms with Crippen LogP contribution in [0.4, 0.5) is 0 Å². The lowest BCUT2D eigenvalue weighted by atomic mass is 10.0. The third-order valence-electron chi connectivity index (χ3n) is 4.55. The lowest BCUT2D eigenvalue weighted by Gasteiger charge is -2.35. The number of piperidine rings is 1. The van der Waals surface area contributed by atoms with E-state index < -0.39 is 0 Å². The number of aromatic nitrogens is 1. The molecule has 3 rings (SSSR count). The fourth-order valence-corrected chi connectivity index (χ4v) is 3.51. The van der Waals surface area contributed by atoms with Crippen molar-refractivity contribution in [2.24, 2.45) is 0 Å². The first kappa shape index (κ1) is 13.8. The van der Waals surface area contributed by atoms with Crippen molar-refractivity contribution in [2.45, 2.75) is 38.3 Å². The molecular formula is C16H25N3O. The average Bonchev–Trinajstić information content (AvgIpc) is 2.69. The molecule has 0 amide bonds. The number of hydrogen-bond acceptors (Lipinski definition) is 4. The number of ether oxygens (including phenoxy) is 1. The van der Waals surface area contributed by atoms with Crippen LogP contribution in [0.15, 0.2) is 18.3 Å². The Kier molecular flexibility index (Phi) is 4.53. The minimum atomic E-state index is 0.719. The van der Waals surface area contributed by atoms with Gasteiger partial charge in [-0.3, -0.25) is 9.80 Å². The zero-order chi connectivity index (χ0) is 13.8. The predicted octanol–water partition coefficient (Wildman–Crippen LogP) is 2.15. The molecule has 0 radical (unpaired) electrons. The zero-order valence-corrected chi connectivity index (χ0v) is 12.4. The van der Waals surface area contributed by atoms with Crippen LogP contribution in [0.3, 0.4) is 0 Å². The molecule has 2 aliphatic rings. The topological polar surface area (TPSA) is 28.6 Å². The van der Waals surface area contributed by atoms with Crippen LogP contribution in [0.2, 0.25) is 0 Å². The molecule has 20 heavy (non-hydrogen) atoms. The molecular weight excluding hydrogens is 250 g/mol. The summed E-state index contributed by atoms with van der Waals surface area (Å²) in [5.41, 5.74) is 1.31. The minimum Gasteiger partial charge on any atom is -0.481 e. The van der Waals surface area contributed by atoms with Gasteiger partial charge in [0.1, 0.15) is 0 Å². The van der Waals surface area contributed by atoms with Gasteiger partial charge in [0, 0.05) is 31.4 Å². The van der Waals surface area contributed by atoms with Crippen LogP contribution in [0.5, 0.6) is 5.88 Å². The van der Waals surface area contributed by atoms with E-state index in [-0.39, 0.29) is 0 Å². The molecule has 1 aromatic heterocycles. The minimum absolute atomic E-state index is 0.719. The van der Waals surface area contributed by atoms with E-state index in [0.29, 0.717) is 0 Å². The Balaban J connectivity index is 1.64. The molecule has 110 valence electrons. The summed E-state index contributed by atoms with van der Waals surface area (Å²) >= 11 is 0. The van der Waals surface area contributed by atoms with Crippen LogP contribution in [0.25, 0.3) is 0 Å². The van der Waals surface area contributed by atoms with Gasteiger partial charge in [-0.1, -0.05) is 6.42 Å². The quantitative estimate of drug-likeness (QED) is 0.845. The van der Waals surface area contributed by atoms with Crippen molar-refractivity contribution in [3.63, 3.8) is 0 Å². The maximum Gasteiger partial charge on any atom is 0.213 e. The number of rotatable bonds is 3. The third kappa shape index (κ3) is 3.30. The Morgan fingerprint density at radius 3 is 3.05 bits per heavy atom. The molecule has 2 saturated heterocycles. The molecule has 2 aliphatic heterocycles. The lowest BCUT2D eigenvalue weighted by molar-refractivity contribution is 0.135. The molecule has 0 N–H and O–H groups in total. The van der Waals surface area contributed by atoms with Crippen LogP contribution in [-0.4, -0.2) is 54.1 Å². The average molecular weight is 275 g/mol. The maximum absolute atomic E-state index is 5.22. The van der Waals surface area contributed by atoms with E-state index in [1.54, 1.807) is 7.11 Å². The Morgan fingerprint density at radius 1 is 1.25 bits per heavy atom. The van der Waals surface area contributed by atoms with E-state index in [2.05, 4.69) is 26.9 Å². The monoisotopic (exact) mass is 275 g/mol. The van der Waals surface area contributed by atoms with Crippen LogP contribution in [0.1, 0.15) is 31.2 Å². The standard InChI is InChI=1S/C16H25N3O/c1-20-16-11-14(6-7-17-16)12-18-8-4-10-19-9-3-2-5-15(19)13-18/h6-7,11,15H,2-5,8-10,12-13H2,1H3. The third-order valence-corrected chi connectivity index (χ3v) is 4.55. The molecule has 4 heteroatoms. The van der Waals surface area contributed by atoms with E-state index in [0.717, 1.165) is 18.5 Å². The predicted molar refractivity (Wildman–Crippen MR) is 79.9 cm³/mol. The van der Waals surface area contributed by atoms with Crippen LogP contribution < -0.4 is 4.74 Å². The first-order valence-electron chi connectivity index (χ1n) is 7.80. The van der Waals surface area contributed by atoms with Crippen LogP contribution >= 0.6 is 0 Å². The Morgan fingerprint density at radius 2 is 2.15 bits per heavy atom. The number of methoxy groups -OCH3 is 1. The highest BCUT2D eigenvalue weighted by molar-refractivity contribution is 5.20. The van der Waals surface area contributed by atoms with E-state index in [4.69, 9.17) is 4.74 Å². The molecule has 3 heterocycles. The molecule has 1 unspecified atom stereocenters. The second kappa shape index (κ2) is 6.55. The number of pyridine rings is 1. The van der Waals surface area contributed by atoms with Crippen molar-refractivity contribution in [3.05, 3.63) is 23.9 Å². The first-order valence-corrected chi connectivity index (χ1v) is 7.80. The number of hydrogen-bond donors (Lipinski definition) is 0.